The summed E-state index contributed by atoms with van der Waals surface area (Å²) in [5.74, 6) is -0.166. The van der Waals surface area contributed by atoms with Crippen LogP contribution in [0.3, 0.4) is 0 Å². The van der Waals surface area contributed by atoms with Gasteiger partial charge in [0, 0.05) is 6.20 Å². The molecule has 0 aliphatic rings. The lowest BCUT2D eigenvalue weighted by molar-refractivity contribution is 0.0936. The molecular formula is C15H15ClN2OS. The third-order valence-electron chi connectivity index (χ3n) is 2.90. The van der Waals surface area contributed by atoms with E-state index in [1.807, 2.05) is 43.5 Å². The quantitative estimate of drug-likeness (QED) is 0.870. The molecule has 1 amide bonds. The summed E-state index contributed by atoms with van der Waals surface area (Å²) in [6.45, 7) is 1.95. The number of nitrogens with zero attached hydrogens (tertiary/aromatic N) is 1. The Balaban J connectivity index is 2.18. The van der Waals surface area contributed by atoms with Gasteiger partial charge in [-0.05, 0) is 24.8 Å². The van der Waals surface area contributed by atoms with Crippen molar-refractivity contribution in [1.29, 1.82) is 0 Å². The van der Waals surface area contributed by atoms with E-state index in [1.165, 1.54) is 11.8 Å². The molecule has 3 nitrogen and oxygen atoms in total. The number of halogens is 1. The van der Waals surface area contributed by atoms with Crippen LogP contribution in [0.25, 0.3) is 0 Å². The van der Waals surface area contributed by atoms with Gasteiger partial charge in [0.25, 0.3) is 5.91 Å². The Kier molecular flexibility index (Phi) is 5.04. The summed E-state index contributed by atoms with van der Waals surface area (Å²) in [7, 11) is 0. The van der Waals surface area contributed by atoms with Gasteiger partial charge in [-0.25, -0.2) is 4.98 Å². The maximum absolute atomic E-state index is 12.3. The smallest absolute Gasteiger partial charge is 0.254 e. The van der Waals surface area contributed by atoms with Crippen LogP contribution in [0.5, 0.6) is 0 Å². The van der Waals surface area contributed by atoms with Crippen LogP contribution < -0.4 is 5.32 Å². The minimum absolute atomic E-state index is 0.0719. The molecule has 2 aromatic rings. The van der Waals surface area contributed by atoms with Crippen molar-refractivity contribution in [1.82, 2.24) is 10.3 Å². The van der Waals surface area contributed by atoms with Crippen molar-refractivity contribution in [2.75, 3.05) is 6.26 Å². The predicted molar refractivity (Wildman–Crippen MR) is 83.4 cm³/mol. The zero-order valence-electron chi connectivity index (χ0n) is 11.3. The molecule has 2 rings (SSSR count). The molecule has 0 saturated heterocycles. The molecule has 20 heavy (non-hydrogen) atoms. The number of carbonyl (C=O) groups excluding carboxylic acids is 1. The van der Waals surface area contributed by atoms with Gasteiger partial charge in [-0.3, -0.25) is 4.79 Å². The summed E-state index contributed by atoms with van der Waals surface area (Å²) >= 11 is 7.34. The van der Waals surface area contributed by atoms with E-state index in [-0.39, 0.29) is 11.9 Å². The predicted octanol–water partition coefficient (Wildman–Crippen LogP) is 3.95. The highest BCUT2D eigenvalue weighted by molar-refractivity contribution is 7.98. The monoisotopic (exact) mass is 306 g/mol. The van der Waals surface area contributed by atoms with Gasteiger partial charge in [0.1, 0.15) is 5.03 Å². The molecule has 0 fully saturated rings. The van der Waals surface area contributed by atoms with E-state index < -0.39 is 0 Å². The van der Waals surface area contributed by atoms with Crippen LogP contribution in [0.15, 0.2) is 47.6 Å². The molecule has 5 heteroatoms. The first-order valence-corrected chi connectivity index (χ1v) is 7.77. The minimum atomic E-state index is -0.166. The number of hydrogen-bond acceptors (Lipinski definition) is 3. The molecule has 0 bridgehead atoms. The maximum atomic E-state index is 12.3. The van der Waals surface area contributed by atoms with Gasteiger partial charge in [0.2, 0.25) is 0 Å². The fourth-order valence-electron chi connectivity index (χ4n) is 1.85. The number of aromatic nitrogens is 1. The summed E-state index contributed by atoms with van der Waals surface area (Å²) < 4.78 is 0. The highest BCUT2D eigenvalue weighted by Crippen LogP contribution is 2.22. The molecule has 0 saturated carbocycles. The Morgan fingerprint density at radius 2 is 2.05 bits per heavy atom. The van der Waals surface area contributed by atoms with Gasteiger partial charge >= 0.3 is 0 Å². The number of rotatable bonds is 4. The molecular weight excluding hydrogens is 292 g/mol. The van der Waals surface area contributed by atoms with Crippen molar-refractivity contribution >= 4 is 29.3 Å². The van der Waals surface area contributed by atoms with Crippen molar-refractivity contribution in [2.24, 2.45) is 0 Å². The highest BCUT2D eigenvalue weighted by atomic mass is 35.5. The lowest BCUT2D eigenvalue weighted by atomic mass is 10.1. The summed E-state index contributed by atoms with van der Waals surface area (Å²) in [6, 6.07) is 11.4. The molecule has 1 aromatic heterocycles. The molecule has 1 heterocycles. The van der Waals surface area contributed by atoms with Crippen molar-refractivity contribution in [3.05, 3.63) is 58.7 Å². The van der Waals surface area contributed by atoms with Crippen LogP contribution in [-0.4, -0.2) is 17.1 Å². The standard InChI is InChI=1S/C15H15ClN2OS/c1-10(11-6-4-3-5-7-11)18-14(19)13-8-12(16)9-17-15(13)20-2/h3-10H,1-2H3,(H,18,19). The topological polar surface area (TPSA) is 42.0 Å². The molecule has 1 aromatic carbocycles. The first-order valence-electron chi connectivity index (χ1n) is 6.17. The zero-order chi connectivity index (χ0) is 14.5. The molecule has 0 radical (unpaired) electrons. The summed E-state index contributed by atoms with van der Waals surface area (Å²) in [6.07, 6.45) is 3.43. The summed E-state index contributed by atoms with van der Waals surface area (Å²) in [4.78, 5) is 16.5. The van der Waals surface area contributed by atoms with Gasteiger partial charge in [0.05, 0.1) is 16.6 Å². The van der Waals surface area contributed by atoms with Gasteiger partial charge in [0.15, 0.2) is 0 Å². The first kappa shape index (κ1) is 14.9. The average molecular weight is 307 g/mol. The largest absolute Gasteiger partial charge is 0.345 e. The minimum Gasteiger partial charge on any atom is -0.345 e. The zero-order valence-corrected chi connectivity index (χ0v) is 12.8. The van der Waals surface area contributed by atoms with Crippen molar-refractivity contribution < 1.29 is 4.79 Å². The van der Waals surface area contributed by atoms with Crippen molar-refractivity contribution in [2.45, 2.75) is 18.0 Å². The molecule has 104 valence electrons. The Labute approximate surface area is 127 Å². The number of benzene rings is 1. The molecule has 0 spiro atoms. The third-order valence-corrected chi connectivity index (χ3v) is 3.82. The Morgan fingerprint density at radius 1 is 1.35 bits per heavy atom. The lowest BCUT2D eigenvalue weighted by Gasteiger charge is -2.15. The van der Waals surface area contributed by atoms with E-state index in [0.717, 1.165) is 5.56 Å². The van der Waals surface area contributed by atoms with Gasteiger partial charge < -0.3 is 5.32 Å². The fraction of sp³-hybridized carbons (Fsp3) is 0.200. The summed E-state index contributed by atoms with van der Waals surface area (Å²) in [5.41, 5.74) is 1.56. The van der Waals surface area contributed by atoms with Crippen molar-refractivity contribution in [3.63, 3.8) is 0 Å². The van der Waals surface area contributed by atoms with E-state index in [4.69, 9.17) is 11.6 Å². The molecule has 1 unspecified atom stereocenters. The van der Waals surface area contributed by atoms with Crippen molar-refractivity contribution in [3.8, 4) is 0 Å². The van der Waals surface area contributed by atoms with E-state index in [1.54, 1.807) is 12.3 Å². The second-order valence-electron chi connectivity index (χ2n) is 4.32. The van der Waals surface area contributed by atoms with Crippen LogP contribution in [0, 0.1) is 0 Å². The average Bonchev–Trinajstić information content (AvgIpc) is 2.48. The maximum Gasteiger partial charge on any atom is 0.254 e. The van der Waals surface area contributed by atoms with Gasteiger partial charge in [-0.2, -0.15) is 0 Å². The molecule has 0 aliphatic heterocycles. The molecule has 1 atom stereocenters. The second kappa shape index (κ2) is 6.77. The summed E-state index contributed by atoms with van der Waals surface area (Å²) in [5, 5.41) is 4.10. The number of thioether (sulfide) groups is 1. The lowest BCUT2D eigenvalue weighted by Crippen LogP contribution is -2.27. The number of nitrogens with one attached hydrogen (secondary N) is 1. The highest BCUT2D eigenvalue weighted by Gasteiger charge is 2.16. The van der Waals surface area contributed by atoms with E-state index in [9.17, 15) is 4.79 Å². The fourth-order valence-corrected chi connectivity index (χ4v) is 2.54. The second-order valence-corrected chi connectivity index (χ2v) is 5.55. The molecule has 1 N–H and O–H groups in total. The number of hydrogen-bond donors (Lipinski definition) is 1. The Morgan fingerprint density at radius 3 is 2.70 bits per heavy atom. The van der Waals surface area contributed by atoms with E-state index in [0.29, 0.717) is 15.6 Å². The van der Waals surface area contributed by atoms with Crippen LogP contribution in [0.2, 0.25) is 5.02 Å². The number of pyridine rings is 1. The third kappa shape index (κ3) is 3.52. The van der Waals surface area contributed by atoms with E-state index in [2.05, 4.69) is 10.3 Å². The Bertz CT molecular complexity index is 604. The normalized spacial score (nSPS) is 11.9. The SMILES string of the molecule is CSc1ncc(Cl)cc1C(=O)NC(C)c1ccccc1. The van der Waals surface area contributed by atoms with Crippen LogP contribution in [0.4, 0.5) is 0 Å². The van der Waals surface area contributed by atoms with E-state index >= 15 is 0 Å². The Hall–Kier alpha value is -1.52. The van der Waals surface area contributed by atoms with Crippen LogP contribution >= 0.6 is 23.4 Å². The molecule has 0 aliphatic carbocycles. The van der Waals surface area contributed by atoms with Gasteiger partial charge in [-0.1, -0.05) is 41.9 Å². The van der Waals surface area contributed by atoms with Crippen LogP contribution in [-0.2, 0) is 0 Å². The number of amides is 1. The first-order chi connectivity index (χ1) is 9.61. The van der Waals surface area contributed by atoms with Crippen LogP contribution in [0.1, 0.15) is 28.9 Å². The van der Waals surface area contributed by atoms with Gasteiger partial charge in [-0.15, -0.1) is 11.8 Å². The number of carbonyl (C=O) groups is 1.